The van der Waals surface area contributed by atoms with Crippen molar-refractivity contribution in [1.82, 2.24) is 0 Å². The van der Waals surface area contributed by atoms with Crippen LogP contribution in [0.4, 0.5) is 5.69 Å². The van der Waals surface area contributed by atoms with Crippen LogP contribution in [0.2, 0.25) is 0 Å². The summed E-state index contributed by atoms with van der Waals surface area (Å²) in [6.45, 7) is 7.39. The first kappa shape index (κ1) is 23.6. The lowest BCUT2D eigenvalue weighted by molar-refractivity contribution is -0.910. The van der Waals surface area contributed by atoms with Gasteiger partial charge < -0.3 is 27.2 Å². The number of aliphatic hydroxyl groups is 1. The Labute approximate surface area is 179 Å². The lowest BCUT2D eigenvalue weighted by Gasteiger charge is -2.30. The van der Waals surface area contributed by atoms with Gasteiger partial charge in [-0.05, 0) is 38.1 Å². The quantitative estimate of drug-likeness (QED) is 0.511. The van der Waals surface area contributed by atoms with E-state index in [0.29, 0.717) is 25.4 Å². The number of hydrogen-bond donors (Lipinski definition) is 2. The van der Waals surface area contributed by atoms with Gasteiger partial charge in [-0.25, -0.2) is 8.42 Å². The molecule has 1 unspecified atom stereocenters. The number of ether oxygens (including phenoxy) is 1. The van der Waals surface area contributed by atoms with Crippen LogP contribution in [0.5, 0.6) is 0 Å². The molecule has 29 heavy (non-hydrogen) atoms. The van der Waals surface area contributed by atoms with Gasteiger partial charge >= 0.3 is 0 Å². The Bertz CT molecular complexity index is 867. The monoisotopic (exact) mass is 440 g/mol. The molecule has 1 saturated heterocycles. The van der Waals surface area contributed by atoms with E-state index in [1.165, 1.54) is 9.21 Å². The standard InChI is InChI=1S/C21H28N2O4S.ClH/c1-17-3-7-19(8-4-17)23(16-20(24)15-22-11-13-27-14-12-22)28(25,26)21-9-5-18(2)6-10-21;/h3-10,20,24H,11-16H2,1-2H3;1H. The van der Waals surface area contributed by atoms with Gasteiger partial charge in [0.1, 0.15) is 25.7 Å². The minimum Gasteiger partial charge on any atom is -1.00 e. The SMILES string of the molecule is Cc1ccc(N(CC(O)C[NH+]2CCOCC2)S(=O)(=O)c2ccc(C)cc2)cc1.[Cl-]. The largest absolute Gasteiger partial charge is 1.00 e. The van der Waals surface area contributed by atoms with Crippen LogP contribution in [0, 0.1) is 13.8 Å². The number of aliphatic hydroxyl groups excluding tert-OH is 1. The van der Waals surface area contributed by atoms with Crippen LogP contribution in [0.3, 0.4) is 0 Å². The smallest absolute Gasteiger partial charge is 0.264 e. The van der Waals surface area contributed by atoms with Crippen LogP contribution in [0.25, 0.3) is 0 Å². The number of aryl methyl sites for hydroxylation is 2. The molecule has 1 heterocycles. The highest BCUT2D eigenvalue weighted by atomic mass is 35.5. The van der Waals surface area contributed by atoms with Crippen LogP contribution in [-0.2, 0) is 14.8 Å². The zero-order valence-electron chi connectivity index (χ0n) is 16.8. The fourth-order valence-electron chi connectivity index (χ4n) is 3.34. The molecule has 1 fully saturated rings. The van der Waals surface area contributed by atoms with Crippen LogP contribution >= 0.6 is 0 Å². The number of morpholine rings is 1. The summed E-state index contributed by atoms with van der Waals surface area (Å²) in [6.07, 6.45) is -0.769. The summed E-state index contributed by atoms with van der Waals surface area (Å²) in [4.78, 5) is 1.46. The van der Waals surface area contributed by atoms with Gasteiger partial charge in [0.15, 0.2) is 0 Å². The maximum Gasteiger partial charge on any atom is 0.264 e. The third-order valence-corrected chi connectivity index (χ3v) is 6.84. The minimum atomic E-state index is -3.78. The maximum atomic E-state index is 13.3. The number of rotatable bonds is 7. The van der Waals surface area contributed by atoms with E-state index in [4.69, 9.17) is 4.74 Å². The van der Waals surface area contributed by atoms with E-state index in [0.717, 1.165) is 24.2 Å². The van der Waals surface area contributed by atoms with Gasteiger partial charge in [-0.1, -0.05) is 35.4 Å². The third-order valence-electron chi connectivity index (χ3n) is 5.03. The van der Waals surface area contributed by atoms with Gasteiger partial charge in [-0.15, -0.1) is 0 Å². The number of halogens is 1. The molecule has 2 aromatic rings. The Morgan fingerprint density at radius 2 is 1.52 bits per heavy atom. The topological polar surface area (TPSA) is 71.3 Å². The Balaban J connectivity index is 0.00000300. The second-order valence-corrected chi connectivity index (χ2v) is 9.27. The second kappa shape index (κ2) is 10.4. The number of anilines is 1. The number of quaternary nitrogens is 1. The van der Waals surface area contributed by atoms with Crippen molar-refractivity contribution in [2.24, 2.45) is 0 Å². The van der Waals surface area contributed by atoms with Crippen LogP contribution in [-0.4, -0.2) is 59.0 Å². The fraction of sp³-hybridized carbons (Fsp3) is 0.429. The van der Waals surface area contributed by atoms with Gasteiger partial charge in [0.25, 0.3) is 10.0 Å². The number of sulfonamides is 1. The van der Waals surface area contributed by atoms with Crippen molar-refractivity contribution < 1.29 is 35.6 Å². The summed E-state index contributed by atoms with van der Waals surface area (Å²) in [7, 11) is -3.78. The molecule has 0 spiro atoms. The zero-order valence-corrected chi connectivity index (χ0v) is 18.4. The maximum absolute atomic E-state index is 13.3. The Morgan fingerprint density at radius 1 is 1.00 bits per heavy atom. The molecule has 1 atom stereocenters. The number of hydrogen-bond acceptors (Lipinski definition) is 4. The summed E-state index contributed by atoms with van der Waals surface area (Å²) in [5, 5.41) is 10.7. The molecule has 1 aliphatic heterocycles. The molecular weight excluding hydrogens is 412 g/mol. The third kappa shape index (κ3) is 6.17. The predicted octanol–water partition coefficient (Wildman–Crippen LogP) is -2.22. The van der Waals surface area contributed by atoms with Crippen molar-refractivity contribution in [3.8, 4) is 0 Å². The molecule has 160 valence electrons. The van der Waals surface area contributed by atoms with Gasteiger partial charge in [0, 0.05) is 0 Å². The van der Waals surface area contributed by atoms with E-state index >= 15 is 0 Å². The minimum absolute atomic E-state index is 0. The molecule has 0 radical (unpaired) electrons. The molecule has 2 aromatic carbocycles. The average molecular weight is 441 g/mol. The molecule has 0 aliphatic carbocycles. The summed E-state index contributed by atoms with van der Waals surface area (Å²) in [5.41, 5.74) is 2.61. The Kier molecular flexibility index (Phi) is 8.48. The van der Waals surface area contributed by atoms with Crippen LogP contribution in [0.1, 0.15) is 11.1 Å². The normalized spacial score (nSPS) is 16.1. The molecular formula is C21H29ClN2O4S. The van der Waals surface area contributed by atoms with E-state index in [9.17, 15) is 13.5 Å². The van der Waals surface area contributed by atoms with E-state index in [1.807, 2.05) is 26.0 Å². The van der Waals surface area contributed by atoms with Crippen molar-refractivity contribution in [1.29, 1.82) is 0 Å². The van der Waals surface area contributed by atoms with Crippen molar-refractivity contribution in [2.75, 3.05) is 43.7 Å². The molecule has 2 N–H and O–H groups in total. The van der Waals surface area contributed by atoms with Crippen LogP contribution in [0.15, 0.2) is 53.4 Å². The highest BCUT2D eigenvalue weighted by molar-refractivity contribution is 7.92. The average Bonchev–Trinajstić information content (AvgIpc) is 2.68. The van der Waals surface area contributed by atoms with Crippen molar-refractivity contribution in [2.45, 2.75) is 24.8 Å². The summed E-state index contributed by atoms with van der Waals surface area (Å²) >= 11 is 0. The van der Waals surface area contributed by atoms with Crippen LogP contribution < -0.4 is 21.6 Å². The Hall–Kier alpha value is -1.64. The molecule has 0 bridgehead atoms. The first-order chi connectivity index (χ1) is 13.4. The first-order valence-electron chi connectivity index (χ1n) is 9.62. The van der Waals surface area contributed by atoms with Gasteiger partial charge in [0.05, 0.1) is 30.3 Å². The molecule has 0 amide bonds. The van der Waals surface area contributed by atoms with Gasteiger partial charge in [-0.2, -0.15) is 0 Å². The number of nitrogens with one attached hydrogen (secondary N) is 1. The molecule has 6 nitrogen and oxygen atoms in total. The van der Waals surface area contributed by atoms with E-state index in [2.05, 4.69) is 0 Å². The van der Waals surface area contributed by atoms with Crippen molar-refractivity contribution >= 4 is 15.7 Å². The van der Waals surface area contributed by atoms with Crippen molar-refractivity contribution in [3.05, 3.63) is 59.7 Å². The molecule has 3 rings (SSSR count). The summed E-state index contributed by atoms with van der Waals surface area (Å²) in [5.74, 6) is 0. The molecule has 0 aromatic heterocycles. The molecule has 0 saturated carbocycles. The van der Waals surface area contributed by atoms with Gasteiger partial charge in [0.2, 0.25) is 0 Å². The second-order valence-electron chi connectivity index (χ2n) is 7.41. The highest BCUT2D eigenvalue weighted by Crippen LogP contribution is 2.24. The summed E-state index contributed by atoms with van der Waals surface area (Å²) in [6, 6.07) is 14.1. The molecule has 1 aliphatic rings. The van der Waals surface area contributed by atoms with E-state index < -0.39 is 16.1 Å². The van der Waals surface area contributed by atoms with E-state index in [1.54, 1.807) is 36.4 Å². The zero-order chi connectivity index (χ0) is 20.1. The fourth-order valence-corrected chi connectivity index (χ4v) is 4.85. The lowest BCUT2D eigenvalue weighted by Crippen LogP contribution is -3.15. The Morgan fingerprint density at radius 3 is 2.07 bits per heavy atom. The van der Waals surface area contributed by atoms with Crippen molar-refractivity contribution in [3.63, 3.8) is 0 Å². The number of benzene rings is 2. The number of nitrogens with zero attached hydrogens (tertiary/aromatic N) is 1. The molecule has 8 heteroatoms. The first-order valence-corrected chi connectivity index (χ1v) is 11.1. The lowest BCUT2D eigenvalue weighted by atomic mass is 10.2. The summed E-state index contributed by atoms with van der Waals surface area (Å²) < 4.78 is 33.4. The predicted molar refractivity (Wildman–Crippen MR) is 109 cm³/mol. The van der Waals surface area contributed by atoms with E-state index in [-0.39, 0.29) is 23.8 Å². The highest BCUT2D eigenvalue weighted by Gasteiger charge is 2.29. The van der Waals surface area contributed by atoms with Gasteiger partial charge in [-0.3, -0.25) is 4.31 Å².